The molecule has 2 aromatic carbocycles. The standard InChI is InChI=1S/C17H17NO3/c1-11(19)14-4-2-3-5-15(14)18-17(20)13-6-7-16-12(10-13)8-9-21-16/h2-7,10-11,19H,8-9H2,1H3,(H,18,20). The zero-order valence-electron chi connectivity index (χ0n) is 11.8. The van der Waals surface area contributed by atoms with Gasteiger partial charge in [-0.25, -0.2) is 0 Å². The minimum absolute atomic E-state index is 0.183. The lowest BCUT2D eigenvalue weighted by Crippen LogP contribution is -2.14. The molecule has 0 aliphatic carbocycles. The topological polar surface area (TPSA) is 58.6 Å². The Morgan fingerprint density at radius 1 is 1.29 bits per heavy atom. The number of hydrogen-bond donors (Lipinski definition) is 2. The molecule has 4 nitrogen and oxygen atoms in total. The number of para-hydroxylation sites is 1. The summed E-state index contributed by atoms with van der Waals surface area (Å²) < 4.78 is 5.44. The summed E-state index contributed by atoms with van der Waals surface area (Å²) in [7, 11) is 0. The van der Waals surface area contributed by atoms with Crippen molar-refractivity contribution in [1.82, 2.24) is 0 Å². The zero-order chi connectivity index (χ0) is 14.8. The Morgan fingerprint density at radius 2 is 2.10 bits per heavy atom. The van der Waals surface area contributed by atoms with Crippen LogP contribution in [0.4, 0.5) is 5.69 Å². The van der Waals surface area contributed by atoms with Gasteiger partial charge in [0.25, 0.3) is 5.91 Å². The van der Waals surface area contributed by atoms with Crippen molar-refractivity contribution in [2.45, 2.75) is 19.4 Å². The van der Waals surface area contributed by atoms with Crippen molar-refractivity contribution in [3.8, 4) is 5.75 Å². The van der Waals surface area contributed by atoms with Gasteiger partial charge in [0.05, 0.1) is 12.7 Å². The number of rotatable bonds is 3. The van der Waals surface area contributed by atoms with Gasteiger partial charge in [-0.1, -0.05) is 18.2 Å². The first-order chi connectivity index (χ1) is 10.1. The quantitative estimate of drug-likeness (QED) is 0.910. The molecule has 0 spiro atoms. The van der Waals surface area contributed by atoms with Gasteiger partial charge in [0.2, 0.25) is 0 Å². The number of aliphatic hydroxyl groups is 1. The van der Waals surface area contributed by atoms with Crippen molar-refractivity contribution in [3.63, 3.8) is 0 Å². The van der Waals surface area contributed by atoms with E-state index in [2.05, 4.69) is 5.32 Å². The molecule has 0 aromatic heterocycles. The maximum Gasteiger partial charge on any atom is 0.255 e. The van der Waals surface area contributed by atoms with Crippen LogP contribution in [0.25, 0.3) is 0 Å². The highest BCUT2D eigenvalue weighted by Gasteiger charge is 2.16. The van der Waals surface area contributed by atoms with Crippen LogP contribution in [0.1, 0.15) is 34.5 Å². The second-order valence-corrected chi connectivity index (χ2v) is 5.14. The Hall–Kier alpha value is -2.33. The van der Waals surface area contributed by atoms with Gasteiger partial charge in [0, 0.05) is 23.2 Å². The number of anilines is 1. The molecule has 1 heterocycles. The molecule has 1 atom stereocenters. The van der Waals surface area contributed by atoms with E-state index in [1.54, 1.807) is 25.1 Å². The first-order valence-corrected chi connectivity index (χ1v) is 6.99. The molecule has 0 radical (unpaired) electrons. The Balaban J connectivity index is 1.84. The minimum Gasteiger partial charge on any atom is -0.493 e. The summed E-state index contributed by atoms with van der Waals surface area (Å²) >= 11 is 0. The number of amides is 1. The molecule has 3 rings (SSSR count). The molecule has 1 aliphatic heterocycles. The Labute approximate surface area is 123 Å². The smallest absolute Gasteiger partial charge is 0.255 e. The van der Waals surface area contributed by atoms with Gasteiger partial charge in [-0.2, -0.15) is 0 Å². The maximum absolute atomic E-state index is 12.4. The van der Waals surface area contributed by atoms with Gasteiger partial charge in [-0.05, 0) is 36.8 Å². The summed E-state index contributed by atoms with van der Waals surface area (Å²) in [6, 6.07) is 12.7. The average molecular weight is 283 g/mol. The molecule has 1 aliphatic rings. The lowest BCUT2D eigenvalue weighted by molar-refractivity contribution is 0.102. The molecular formula is C17H17NO3. The van der Waals surface area contributed by atoms with Gasteiger partial charge >= 0.3 is 0 Å². The number of carbonyl (C=O) groups is 1. The van der Waals surface area contributed by atoms with Crippen LogP contribution in [-0.4, -0.2) is 17.6 Å². The van der Waals surface area contributed by atoms with Crippen LogP contribution >= 0.6 is 0 Å². The molecule has 0 fully saturated rings. The van der Waals surface area contributed by atoms with E-state index in [1.165, 1.54) is 0 Å². The van der Waals surface area contributed by atoms with Gasteiger partial charge in [0.1, 0.15) is 5.75 Å². The maximum atomic E-state index is 12.4. The lowest BCUT2D eigenvalue weighted by atomic mass is 10.1. The fourth-order valence-corrected chi connectivity index (χ4v) is 2.50. The molecule has 108 valence electrons. The summed E-state index contributed by atoms with van der Waals surface area (Å²) in [4.78, 5) is 12.4. The number of aliphatic hydroxyl groups excluding tert-OH is 1. The second-order valence-electron chi connectivity index (χ2n) is 5.14. The largest absolute Gasteiger partial charge is 0.493 e. The highest BCUT2D eigenvalue weighted by molar-refractivity contribution is 6.05. The third-order valence-electron chi connectivity index (χ3n) is 3.61. The third-order valence-corrected chi connectivity index (χ3v) is 3.61. The van der Waals surface area contributed by atoms with Gasteiger partial charge in [-0.15, -0.1) is 0 Å². The van der Waals surface area contributed by atoms with E-state index in [-0.39, 0.29) is 5.91 Å². The molecular weight excluding hydrogens is 266 g/mol. The molecule has 2 N–H and O–H groups in total. The number of nitrogens with one attached hydrogen (secondary N) is 1. The highest BCUT2D eigenvalue weighted by Crippen LogP contribution is 2.27. The van der Waals surface area contributed by atoms with E-state index in [9.17, 15) is 9.90 Å². The molecule has 1 unspecified atom stereocenters. The minimum atomic E-state index is -0.630. The van der Waals surface area contributed by atoms with Crippen LogP contribution in [-0.2, 0) is 6.42 Å². The van der Waals surface area contributed by atoms with Crippen LogP contribution in [0.2, 0.25) is 0 Å². The number of carbonyl (C=O) groups excluding carboxylic acids is 1. The second kappa shape index (κ2) is 5.58. The van der Waals surface area contributed by atoms with Crippen molar-refractivity contribution in [2.24, 2.45) is 0 Å². The first kappa shape index (κ1) is 13.6. The fourth-order valence-electron chi connectivity index (χ4n) is 2.50. The first-order valence-electron chi connectivity index (χ1n) is 6.99. The Bertz CT molecular complexity index is 679. The Morgan fingerprint density at radius 3 is 2.90 bits per heavy atom. The molecule has 4 heteroatoms. The third kappa shape index (κ3) is 2.76. The normalized spacial score (nSPS) is 14.2. The van der Waals surface area contributed by atoms with Crippen molar-refractivity contribution in [1.29, 1.82) is 0 Å². The summed E-state index contributed by atoms with van der Waals surface area (Å²) in [5.74, 6) is 0.675. The van der Waals surface area contributed by atoms with E-state index < -0.39 is 6.10 Å². The monoisotopic (exact) mass is 283 g/mol. The predicted octanol–water partition coefficient (Wildman–Crippen LogP) is 2.93. The van der Waals surface area contributed by atoms with E-state index in [4.69, 9.17) is 4.74 Å². The van der Waals surface area contributed by atoms with E-state index in [1.807, 2.05) is 24.3 Å². The lowest BCUT2D eigenvalue weighted by Gasteiger charge is -2.13. The van der Waals surface area contributed by atoms with Crippen molar-refractivity contribution >= 4 is 11.6 Å². The molecule has 1 amide bonds. The van der Waals surface area contributed by atoms with Crippen molar-refractivity contribution < 1.29 is 14.6 Å². The van der Waals surface area contributed by atoms with E-state index >= 15 is 0 Å². The predicted molar refractivity (Wildman–Crippen MR) is 80.7 cm³/mol. The SMILES string of the molecule is CC(O)c1ccccc1NC(=O)c1ccc2c(c1)CCO2. The zero-order valence-corrected chi connectivity index (χ0v) is 11.8. The Kier molecular flexibility index (Phi) is 3.62. The molecule has 21 heavy (non-hydrogen) atoms. The summed E-state index contributed by atoms with van der Waals surface area (Å²) in [6.07, 6.45) is 0.204. The summed E-state index contributed by atoms with van der Waals surface area (Å²) in [5, 5.41) is 12.6. The molecule has 0 saturated carbocycles. The van der Waals surface area contributed by atoms with Crippen molar-refractivity contribution in [3.05, 3.63) is 59.2 Å². The van der Waals surface area contributed by atoms with E-state index in [0.29, 0.717) is 23.4 Å². The van der Waals surface area contributed by atoms with E-state index in [0.717, 1.165) is 17.7 Å². The van der Waals surface area contributed by atoms with Crippen LogP contribution in [0.5, 0.6) is 5.75 Å². The number of fused-ring (bicyclic) bond motifs is 1. The molecule has 0 bridgehead atoms. The van der Waals surface area contributed by atoms with Crippen LogP contribution in [0.15, 0.2) is 42.5 Å². The van der Waals surface area contributed by atoms with Crippen LogP contribution < -0.4 is 10.1 Å². The van der Waals surface area contributed by atoms with Gasteiger partial charge in [-0.3, -0.25) is 4.79 Å². The highest BCUT2D eigenvalue weighted by atomic mass is 16.5. The number of benzene rings is 2. The van der Waals surface area contributed by atoms with Crippen molar-refractivity contribution in [2.75, 3.05) is 11.9 Å². The number of ether oxygens (including phenoxy) is 1. The van der Waals surface area contributed by atoms with Crippen LogP contribution in [0.3, 0.4) is 0 Å². The number of hydrogen-bond acceptors (Lipinski definition) is 3. The van der Waals surface area contributed by atoms with Gasteiger partial charge < -0.3 is 15.2 Å². The summed E-state index contributed by atoms with van der Waals surface area (Å²) in [6.45, 7) is 2.35. The van der Waals surface area contributed by atoms with Gasteiger partial charge in [0.15, 0.2) is 0 Å². The fraction of sp³-hybridized carbons (Fsp3) is 0.235. The van der Waals surface area contributed by atoms with Crippen LogP contribution in [0, 0.1) is 0 Å². The molecule has 0 saturated heterocycles. The summed E-state index contributed by atoms with van der Waals surface area (Å²) in [5.41, 5.74) is 3.00. The molecule has 2 aromatic rings. The average Bonchev–Trinajstić information content (AvgIpc) is 2.94.